The van der Waals surface area contributed by atoms with E-state index in [1.54, 1.807) is 0 Å². The van der Waals surface area contributed by atoms with Crippen molar-refractivity contribution in [1.29, 1.82) is 0 Å². The van der Waals surface area contributed by atoms with Gasteiger partial charge in [0, 0.05) is 41.7 Å². The van der Waals surface area contributed by atoms with Gasteiger partial charge in [0.2, 0.25) is 0 Å². The maximum Gasteiger partial charge on any atom is 1.00 e. The fraction of sp³-hybridized carbons (Fsp3) is 0. The summed E-state index contributed by atoms with van der Waals surface area (Å²) in [7, 11) is 0. The molecule has 0 spiro atoms. The largest absolute Gasteiger partial charge is 1.00 e. The Kier molecular flexibility index (Phi) is 90.5. The summed E-state index contributed by atoms with van der Waals surface area (Å²) >= 11 is 0. The smallest absolute Gasteiger partial charge is 1.00 e. The molecule has 0 aromatic carbocycles. The maximum atomic E-state index is 0. The van der Waals surface area contributed by atoms with Gasteiger partial charge in [-0.05, 0) is 0 Å². The summed E-state index contributed by atoms with van der Waals surface area (Å²) < 4.78 is 0. The predicted molar refractivity (Wildman–Crippen MR) is 3.34 cm³/mol. The minimum Gasteiger partial charge on any atom is -1.00 e. The van der Waals surface area contributed by atoms with Gasteiger partial charge in [-0.1, -0.05) is 0 Å². The van der Waals surface area contributed by atoms with Crippen LogP contribution in [0.15, 0.2) is 0 Å². The molecule has 0 fully saturated rings. The van der Waals surface area contributed by atoms with Gasteiger partial charge in [-0.2, -0.15) is 0 Å². The summed E-state index contributed by atoms with van der Waals surface area (Å²) in [6, 6.07) is 0. The molecule has 4 heavy (non-hydrogen) atoms. The van der Waals surface area contributed by atoms with E-state index in [-0.39, 0.29) is 200 Å². The molecule has 0 rings (SSSR count). The average molecular weight is 260 g/mol. The Morgan fingerprint density at radius 2 is 0.750 bits per heavy atom. The number of hydrogen-bond acceptors (Lipinski definition) is 0. The van der Waals surface area contributed by atoms with E-state index in [9.17, 15) is 0 Å². The van der Waals surface area contributed by atoms with Crippen LogP contribution in [0, 0.1) is 41.7 Å². The van der Waals surface area contributed by atoms with Crippen molar-refractivity contribution in [2.45, 2.75) is 0 Å². The minimum absolute atomic E-state index is 0. The van der Waals surface area contributed by atoms with Crippen molar-refractivity contribution in [2.24, 2.45) is 0 Å². The second-order valence-electron chi connectivity index (χ2n) is 0. The third-order valence-corrected chi connectivity index (χ3v) is 0. The molecule has 10 valence electrons. The first kappa shape index (κ1) is 22.4. The van der Waals surface area contributed by atoms with E-state index in [0.29, 0.717) is 0 Å². The van der Waals surface area contributed by atoms with Crippen LogP contribution in [-0.4, -0.2) is 0 Å². The summed E-state index contributed by atoms with van der Waals surface area (Å²) in [5.74, 6) is 0. The van der Waals surface area contributed by atoms with Gasteiger partial charge in [-0.15, -0.1) is 0 Å². The third-order valence-electron chi connectivity index (χ3n) is 0. The van der Waals surface area contributed by atoms with Crippen LogP contribution in [0.2, 0.25) is 0 Å². The first-order valence-corrected chi connectivity index (χ1v) is 0. The molecule has 0 amide bonds. The van der Waals surface area contributed by atoms with Gasteiger partial charge in [0.1, 0.15) is 0 Å². The van der Waals surface area contributed by atoms with Gasteiger partial charge in [-0.3, -0.25) is 0 Å². The Morgan fingerprint density at radius 1 is 0.750 bits per heavy atom. The van der Waals surface area contributed by atoms with Crippen molar-refractivity contribution in [2.75, 3.05) is 0 Å². The Hall–Kier alpha value is 6.29. The molecule has 0 aromatic heterocycles. The molecule has 0 atom stereocenters. The topological polar surface area (TPSA) is 0 Å². The van der Waals surface area contributed by atoms with Crippen LogP contribution in [0.25, 0.3) is 0 Å². The molecular weight excluding hydrogens is 257 g/mol. The van der Waals surface area contributed by atoms with Crippen LogP contribution < -0.4 is 154 Å². The molecule has 0 aliphatic carbocycles. The summed E-state index contributed by atoms with van der Waals surface area (Å²) in [5, 5.41) is 0. The Balaban J connectivity index is 0. The zero-order valence-electron chi connectivity index (χ0n) is 6.50. The molecule has 0 N–H and O–H groups in total. The van der Waals surface area contributed by atoms with Gasteiger partial charge < -0.3 is 4.28 Å². The van der Waals surface area contributed by atoms with Gasteiger partial charge in [0.05, 0.1) is 0 Å². The van der Waals surface area contributed by atoms with Crippen LogP contribution in [0.3, 0.4) is 0 Å². The van der Waals surface area contributed by atoms with Crippen molar-refractivity contribution in [3.63, 3.8) is 0 Å². The van der Waals surface area contributed by atoms with E-state index in [2.05, 4.69) is 0 Å². The quantitative estimate of drug-likeness (QED) is 0.380. The van der Waals surface area contributed by atoms with Crippen molar-refractivity contribution in [1.82, 2.24) is 0 Å². The van der Waals surface area contributed by atoms with E-state index < -0.39 is 0 Å². The molecule has 0 bridgehead atoms. The molecule has 0 nitrogen and oxygen atoms in total. The zero-order chi connectivity index (χ0) is 0. The van der Waals surface area contributed by atoms with Gasteiger partial charge in [-0.25, -0.2) is 0 Å². The summed E-state index contributed by atoms with van der Waals surface area (Å²) in [6.45, 7) is 0. The van der Waals surface area contributed by atoms with Crippen molar-refractivity contribution >= 4 is 0 Å². The maximum absolute atomic E-state index is 0. The van der Waals surface area contributed by atoms with Gasteiger partial charge in [0.15, 0.2) is 0 Å². The first-order chi connectivity index (χ1) is 0. The Bertz CT molecular complexity index is 10.1. The number of hydrogen-bond donors (Lipinski definition) is 0. The van der Waals surface area contributed by atoms with E-state index in [0.717, 1.165) is 0 Å². The van der Waals surface area contributed by atoms with Crippen molar-refractivity contribution in [3.8, 4) is 0 Å². The van der Waals surface area contributed by atoms with E-state index in [1.165, 1.54) is 0 Å². The second kappa shape index (κ2) is 16.1. The van der Waals surface area contributed by atoms with E-state index in [1.807, 2.05) is 0 Å². The Morgan fingerprint density at radius 3 is 0.750 bits per heavy atom. The fourth-order valence-electron chi connectivity index (χ4n) is 0. The molecule has 0 saturated carbocycles. The van der Waals surface area contributed by atoms with Crippen LogP contribution in [0.1, 0.15) is 4.28 Å². The summed E-state index contributed by atoms with van der Waals surface area (Å²) in [6.07, 6.45) is 0. The molecule has 0 aromatic rings. The van der Waals surface area contributed by atoms with Crippen LogP contribution >= 0.6 is 0 Å². The van der Waals surface area contributed by atoms with Gasteiger partial charge >= 0.3 is 154 Å². The van der Waals surface area contributed by atoms with E-state index >= 15 is 0 Å². The van der Waals surface area contributed by atoms with Crippen LogP contribution in [-0.2, 0) is 0 Å². The minimum atomic E-state index is 0. The average Bonchev–Trinajstić information content (AvgIpc) is 0. The SMILES string of the molecule is [Ce].[H-].[H-].[H-].[K+].[K+].[K+]. The second-order valence-corrected chi connectivity index (χ2v) is 0. The number of rotatable bonds is 0. The molecule has 0 aliphatic heterocycles. The summed E-state index contributed by atoms with van der Waals surface area (Å²) in [5.41, 5.74) is 0. The zero-order valence-corrected chi connectivity index (χ0v) is 16.0. The molecular formula is H3CeK3. The summed E-state index contributed by atoms with van der Waals surface area (Å²) in [4.78, 5) is 0. The molecule has 0 aliphatic rings. The third kappa shape index (κ3) is 11.1. The van der Waals surface area contributed by atoms with Crippen molar-refractivity contribution < 1.29 is 200 Å². The molecule has 0 radical (unpaired) electrons. The molecule has 0 saturated heterocycles. The first-order valence-electron chi connectivity index (χ1n) is 0. The monoisotopic (exact) mass is 260 g/mol. The predicted octanol–water partition coefficient (Wildman–Crippen LogP) is -8.65. The van der Waals surface area contributed by atoms with Crippen LogP contribution in [0.5, 0.6) is 0 Å². The normalized spacial score (nSPS) is 0. The Labute approximate surface area is 192 Å². The fourth-order valence-corrected chi connectivity index (χ4v) is 0. The van der Waals surface area contributed by atoms with Crippen molar-refractivity contribution in [3.05, 3.63) is 0 Å². The van der Waals surface area contributed by atoms with E-state index in [4.69, 9.17) is 0 Å². The molecule has 0 heterocycles. The molecule has 4 heteroatoms. The molecule has 0 unspecified atom stereocenters. The van der Waals surface area contributed by atoms with Gasteiger partial charge in [0.25, 0.3) is 0 Å². The standard InChI is InChI=1S/Ce.3K.3H/q;3*+1;3*-1. The van der Waals surface area contributed by atoms with Crippen LogP contribution in [0.4, 0.5) is 0 Å².